The van der Waals surface area contributed by atoms with E-state index in [2.05, 4.69) is 4.98 Å². The zero-order valence-corrected chi connectivity index (χ0v) is 9.30. The lowest BCUT2D eigenvalue weighted by atomic mass is 10.1. The second-order valence-corrected chi connectivity index (χ2v) is 4.31. The van der Waals surface area contributed by atoms with Crippen molar-refractivity contribution in [1.82, 2.24) is 4.98 Å². The van der Waals surface area contributed by atoms with Crippen LogP contribution in [0.3, 0.4) is 0 Å². The Balaban J connectivity index is 1.95. The van der Waals surface area contributed by atoms with Gasteiger partial charge in [-0.2, -0.15) is 0 Å². The van der Waals surface area contributed by atoms with Crippen molar-refractivity contribution >= 4 is 22.7 Å². The molecule has 1 aromatic heterocycles. The number of hydrogen-bond donors (Lipinski definition) is 1. The highest BCUT2D eigenvalue weighted by Crippen LogP contribution is 2.27. The van der Waals surface area contributed by atoms with Gasteiger partial charge in [0.05, 0.1) is 0 Å². The fourth-order valence-electron chi connectivity index (χ4n) is 2.20. The maximum absolute atomic E-state index is 11.8. The third-order valence-electron chi connectivity index (χ3n) is 3.16. The molecule has 5 nitrogen and oxygen atoms in total. The molecule has 5 heteroatoms. The van der Waals surface area contributed by atoms with E-state index in [-0.39, 0.29) is 11.8 Å². The molecule has 2 heterocycles. The maximum atomic E-state index is 11.8. The average molecular weight is 231 g/mol. The summed E-state index contributed by atoms with van der Waals surface area (Å²) in [5.41, 5.74) is 7.96. The lowest BCUT2D eigenvalue weighted by molar-refractivity contribution is -0.117. The number of oxazole rings is 1. The van der Waals surface area contributed by atoms with Gasteiger partial charge in [-0.3, -0.25) is 4.79 Å². The maximum Gasteiger partial charge on any atom is 0.227 e. The third kappa shape index (κ3) is 1.68. The minimum atomic E-state index is 0.124. The Kier molecular flexibility index (Phi) is 2.33. The number of fused-ring (bicyclic) bond motifs is 1. The van der Waals surface area contributed by atoms with E-state index in [1.54, 1.807) is 4.90 Å². The van der Waals surface area contributed by atoms with E-state index < -0.39 is 0 Å². The number of carbonyl (C=O) groups is 1. The zero-order chi connectivity index (χ0) is 11.8. The number of aromatic nitrogens is 1. The average Bonchev–Trinajstić information content (AvgIpc) is 2.93. The predicted octanol–water partition coefficient (Wildman–Crippen LogP) is 1.14. The number of amides is 1. The molecule has 0 spiro atoms. The highest BCUT2D eigenvalue weighted by Gasteiger charge is 2.29. The van der Waals surface area contributed by atoms with E-state index >= 15 is 0 Å². The van der Waals surface area contributed by atoms with Gasteiger partial charge < -0.3 is 15.1 Å². The molecule has 0 saturated carbocycles. The van der Waals surface area contributed by atoms with Gasteiger partial charge in [-0.15, -0.1) is 0 Å². The Morgan fingerprint density at radius 2 is 2.41 bits per heavy atom. The smallest absolute Gasteiger partial charge is 0.227 e. The lowest BCUT2D eigenvalue weighted by Gasteiger charge is -2.16. The molecule has 1 aliphatic heterocycles. The Morgan fingerprint density at radius 3 is 3.18 bits per heavy atom. The molecule has 0 radical (unpaired) electrons. The number of anilines is 1. The highest BCUT2D eigenvalue weighted by molar-refractivity contribution is 5.97. The summed E-state index contributed by atoms with van der Waals surface area (Å²) in [5.74, 6) is 0.382. The van der Waals surface area contributed by atoms with Gasteiger partial charge in [0.25, 0.3) is 0 Å². The molecule has 3 rings (SSSR count). The molecule has 0 aliphatic carbocycles. The third-order valence-corrected chi connectivity index (χ3v) is 3.16. The normalized spacial score (nSPS) is 20.4. The zero-order valence-electron chi connectivity index (χ0n) is 9.30. The van der Waals surface area contributed by atoms with Crippen molar-refractivity contribution in [3.05, 3.63) is 24.6 Å². The molecule has 1 amide bonds. The van der Waals surface area contributed by atoms with E-state index in [0.717, 1.165) is 11.2 Å². The first-order chi connectivity index (χ1) is 8.28. The van der Waals surface area contributed by atoms with Crippen molar-refractivity contribution in [2.75, 3.05) is 18.0 Å². The molecular weight excluding hydrogens is 218 g/mol. The number of hydrogen-bond acceptors (Lipinski definition) is 4. The molecule has 1 unspecified atom stereocenters. The number of rotatable bonds is 2. The second-order valence-electron chi connectivity index (χ2n) is 4.31. The van der Waals surface area contributed by atoms with E-state index in [4.69, 9.17) is 10.2 Å². The molecule has 17 heavy (non-hydrogen) atoms. The summed E-state index contributed by atoms with van der Waals surface area (Å²) in [6.07, 6.45) is 1.94. The van der Waals surface area contributed by atoms with Gasteiger partial charge >= 0.3 is 0 Å². The summed E-state index contributed by atoms with van der Waals surface area (Å²) >= 11 is 0. The number of carbonyl (C=O) groups excluding carboxylic acids is 1. The molecule has 2 N–H and O–H groups in total. The molecular formula is C12H13N3O2. The predicted molar refractivity (Wildman–Crippen MR) is 63.5 cm³/mol. The summed E-state index contributed by atoms with van der Waals surface area (Å²) in [5, 5.41) is 0. The van der Waals surface area contributed by atoms with Crippen LogP contribution in [0.15, 0.2) is 29.0 Å². The Hall–Kier alpha value is -1.88. The minimum Gasteiger partial charge on any atom is -0.443 e. The van der Waals surface area contributed by atoms with E-state index in [1.165, 1.54) is 6.39 Å². The molecule has 1 aliphatic rings. The summed E-state index contributed by atoms with van der Waals surface area (Å²) in [4.78, 5) is 17.7. The van der Waals surface area contributed by atoms with Crippen molar-refractivity contribution in [3.63, 3.8) is 0 Å². The molecule has 88 valence electrons. The van der Waals surface area contributed by atoms with Crippen LogP contribution in [0.2, 0.25) is 0 Å². The topological polar surface area (TPSA) is 72.4 Å². The van der Waals surface area contributed by atoms with Crippen LogP contribution in [0, 0.1) is 5.92 Å². The summed E-state index contributed by atoms with van der Waals surface area (Å²) in [6.45, 7) is 1.24. The fraction of sp³-hybridized carbons (Fsp3) is 0.333. The van der Waals surface area contributed by atoms with Crippen molar-refractivity contribution in [2.24, 2.45) is 11.7 Å². The van der Waals surface area contributed by atoms with Crippen LogP contribution in [-0.4, -0.2) is 24.0 Å². The summed E-state index contributed by atoms with van der Waals surface area (Å²) < 4.78 is 5.23. The SMILES string of the molecule is NCC1CC(=O)N(c2ccc3ncoc3c2)C1. The van der Waals surface area contributed by atoms with Crippen LogP contribution in [0.25, 0.3) is 11.1 Å². The van der Waals surface area contributed by atoms with Crippen molar-refractivity contribution in [1.29, 1.82) is 0 Å². The standard InChI is InChI=1S/C12H13N3O2/c13-5-8-3-12(16)15(6-8)9-1-2-10-11(4-9)17-7-14-10/h1-2,4,7-8H,3,5-6,13H2. The van der Waals surface area contributed by atoms with Gasteiger partial charge in [-0.05, 0) is 24.6 Å². The summed E-state index contributed by atoms with van der Waals surface area (Å²) in [7, 11) is 0. The first-order valence-electron chi connectivity index (χ1n) is 5.61. The number of benzene rings is 1. The van der Waals surface area contributed by atoms with Crippen LogP contribution in [-0.2, 0) is 4.79 Å². The quantitative estimate of drug-likeness (QED) is 0.841. The molecule has 0 bridgehead atoms. The number of nitrogens with zero attached hydrogens (tertiary/aromatic N) is 2. The fourth-order valence-corrected chi connectivity index (χ4v) is 2.20. The minimum absolute atomic E-state index is 0.124. The highest BCUT2D eigenvalue weighted by atomic mass is 16.3. The Bertz CT molecular complexity index is 564. The van der Waals surface area contributed by atoms with Crippen molar-refractivity contribution in [2.45, 2.75) is 6.42 Å². The van der Waals surface area contributed by atoms with Crippen molar-refractivity contribution in [3.8, 4) is 0 Å². The largest absolute Gasteiger partial charge is 0.443 e. The van der Waals surface area contributed by atoms with Gasteiger partial charge in [0.15, 0.2) is 12.0 Å². The molecule has 1 atom stereocenters. The van der Waals surface area contributed by atoms with E-state index in [1.807, 2.05) is 18.2 Å². The Morgan fingerprint density at radius 1 is 1.53 bits per heavy atom. The van der Waals surface area contributed by atoms with Gasteiger partial charge in [0.2, 0.25) is 5.91 Å². The van der Waals surface area contributed by atoms with Gasteiger partial charge in [-0.25, -0.2) is 4.98 Å². The molecule has 1 aromatic carbocycles. The lowest BCUT2D eigenvalue weighted by Crippen LogP contribution is -2.25. The first-order valence-corrected chi connectivity index (χ1v) is 5.61. The van der Waals surface area contributed by atoms with Gasteiger partial charge in [0, 0.05) is 24.7 Å². The molecule has 2 aromatic rings. The Labute approximate surface area is 98.2 Å². The van der Waals surface area contributed by atoms with Crippen LogP contribution in [0.4, 0.5) is 5.69 Å². The van der Waals surface area contributed by atoms with Crippen molar-refractivity contribution < 1.29 is 9.21 Å². The summed E-state index contributed by atoms with van der Waals surface area (Å²) in [6, 6.07) is 5.60. The monoisotopic (exact) mass is 231 g/mol. The van der Waals surface area contributed by atoms with Gasteiger partial charge in [0.1, 0.15) is 5.52 Å². The van der Waals surface area contributed by atoms with Crippen LogP contribution < -0.4 is 10.6 Å². The number of nitrogens with two attached hydrogens (primary N) is 1. The molecule has 1 fully saturated rings. The first kappa shape index (κ1) is 10.3. The van der Waals surface area contributed by atoms with Crippen LogP contribution in [0.5, 0.6) is 0 Å². The van der Waals surface area contributed by atoms with E-state index in [0.29, 0.717) is 25.1 Å². The van der Waals surface area contributed by atoms with Gasteiger partial charge in [-0.1, -0.05) is 0 Å². The van der Waals surface area contributed by atoms with Crippen LogP contribution >= 0.6 is 0 Å². The second kappa shape index (κ2) is 3.85. The van der Waals surface area contributed by atoms with Crippen LogP contribution in [0.1, 0.15) is 6.42 Å². The van der Waals surface area contributed by atoms with E-state index in [9.17, 15) is 4.79 Å². The molecule has 1 saturated heterocycles.